The van der Waals surface area contributed by atoms with Gasteiger partial charge in [-0.2, -0.15) is 16.9 Å². The molecular formula is C15H23N3S. The lowest BCUT2D eigenvalue weighted by Gasteiger charge is -2.29. The first-order valence-electron chi connectivity index (χ1n) is 6.92. The molecule has 104 valence electrons. The van der Waals surface area contributed by atoms with Gasteiger partial charge >= 0.3 is 0 Å². The van der Waals surface area contributed by atoms with Crippen molar-refractivity contribution in [3.63, 3.8) is 0 Å². The molecule has 0 aliphatic carbocycles. The molecule has 1 N–H and O–H groups in total. The summed E-state index contributed by atoms with van der Waals surface area (Å²) in [7, 11) is 0. The molecule has 0 radical (unpaired) electrons. The van der Waals surface area contributed by atoms with Gasteiger partial charge in [-0.25, -0.2) is 4.52 Å². The van der Waals surface area contributed by atoms with Crippen molar-refractivity contribution in [2.75, 3.05) is 12.8 Å². The molecule has 19 heavy (non-hydrogen) atoms. The Morgan fingerprint density at radius 2 is 2.11 bits per heavy atom. The van der Waals surface area contributed by atoms with E-state index in [4.69, 9.17) is 0 Å². The maximum absolute atomic E-state index is 4.37. The van der Waals surface area contributed by atoms with Crippen LogP contribution in [0, 0.1) is 0 Å². The number of nitrogens with zero attached hydrogens (tertiary/aromatic N) is 2. The second kappa shape index (κ2) is 6.44. The highest BCUT2D eigenvalue weighted by atomic mass is 32.2. The third-order valence-corrected chi connectivity index (χ3v) is 5.58. The summed E-state index contributed by atoms with van der Waals surface area (Å²) >= 11 is 1.97. The minimum atomic E-state index is 0.364. The molecule has 0 aliphatic heterocycles. The molecule has 2 rings (SSSR count). The van der Waals surface area contributed by atoms with Crippen LogP contribution in [0.4, 0.5) is 0 Å². The summed E-state index contributed by atoms with van der Waals surface area (Å²) in [6.45, 7) is 6.48. The van der Waals surface area contributed by atoms with Crippen molar-refractivity contribution in [2.24, 2.45) is 0 Å². The van der Waals surface area contributed by atoms with Gasteiger partial charge in [-0.05, 0) is 31.2 Å². The fourth-order valence-electron chi connectivity index (χ4n) is 2.41. The van der Waals surface area contributed by atoms with E-state index in [1.165, 1.54) is 23.9 Å². The Morgan fingerprint density at radius 1 is 1.32 bits per heavy atom. The van der Waals surface area contributed by atoms with Crippen LogP contribution in [-0.4, -0.2) is 27.2 Å². The zero-order valence-corrected chi connectivity index (χ0v) is 12.8. The maximum Gasteiger partial charge on any atom is 0.0706 e. The van der Waals surface area contributed by atoms with Gasteiger partial charge in [0.1, 0.15) is 0 Å². The molecule has 0 aliphatic rings. The lowest BCUT2D eigenvalue weighted by atomic mass is 10.0. The normalized spacial score (nSPS) is 12.2. The number of nitrogens with one attached hydrogen (secondary N) is 1. The highest BCUT2D eigenvalue weighted by molar-refractivity contribution is 8.00. The van der Waals surface area contributed by atoms with Crippen LogP contribution in [0.3, 0.4) is 0 Å². The van der Waals surface area contributed by atoms with E-state index in [0.29, 0.717) is 4.75 Å². The number of rotatable bonds is 7. The van der Waals surface area contributed by atoms with E-state index in [0.717, 1.165) is 13.1 Å². The number of fused-ring (bicyclic) bond motifs is 1. The van der Waals surface area contributed by atoms with E-state index in [1.807, 2.05) is 34.7 Å². The fourth-order valence-corrected chi connectivity index (χ4v) is 3.23. The van der Waals surface area contributed by atoms with Crippen molar-refractivity contribution in [2.45, 2.75) is 38.0 Å². The molecule has 0 amide bonds. The molecule has 0 saturated heterocycles. The van der Waals surface area contributed by atoms with Crippen LogP contribution >= 0.6 is 11.8 Å². The van der Waals surface area contributed by atoms with Gasteiger partial charge in [0.2, 0.25) is 0 Å². The molecular weight excluding hydrogens is 254 g/mol. The van der Waals surface area contributed by atoms with E-state index in [1.54, 1.807) is 0 Å². The smallest absolute Gasteiger partial charge is 0.0706 e. The zero-order chi connectivity index (χ0) is 13.7. The van der Waals surface area contributed by atoms with Crippen molar-refractivity contribution in [3.8, 4) is 0 Å². The molecule has 0 spiro atoms. The monoisotopic (exact) mass is 277 g/mol. The molecule has 3 nitrogen and oxygen atoms in total. The topological polar surface area (TPSA) is 29.3 Å². The molecule has 0 aromatic carbocycles. The van der Waals surface area contributed by atoms with Gasteiger partial charge in [0.25, 0.3) is 0 Å². The highest BCUT2D eigenvalue weighted by Crippen LogP contribution is 2.29. The van der Waals surface area contributed by atoms with E-state index in [9.17, 15) is 0 Å². The van der Waals surface area contributed by atoms with Crippen LogP contribution < -0.4 is 5.32 Å². The Hall–Kier alpha value is -1.000. The molecule has 2 aromatic rings. The van der Waals surface area contributed by atoms with Gasteiger partial charge in [0.05, 0.1) is 11.7 Å². The number of thioether (sulfide) groups is 1. The van der Waals surface area contributed by atoms with Crippen molar-refractivity contribution < 1.29 is 0 Å². The average molecular weight is 277 g/mol. The lowest BCUT2D eigenvalue weighted by molar-refractivity contribution is 0.495. The van der Waals surface area contributed by atoms with Gasteiger partial charge in [-0.3, -0.25) is 0 Å². The number of aromatic nitrogens is 2. The first-order chi connectivity index (χ1) is 9.24. The molecule has 4 heteroatoms. The van der Waals surface area contributed by atoms with Crippen LogP contribution in [0.2, 0.25) is 0 Å². The summed E-state index contributed by atoms with van der Waals surface area (Å²) in [4.78, 5) is 0. The first kappa shape index (κ1) is 14.4. The Bertz CT molecular complexity index is 509. The average Bonchev–Trinajstić information content (AvgIpc) is 2.88. The second-order valence-electron chi connectivity index (χ2n) is 4.90. The quantitative estimate of drug-likeness (QED) is 0.841. The van der Waals surface area contributed by atoms with E-state index in [2.05, 4.69) is 42.7 Å². The van der Waals surface area contributed by atoms with E-state index >= 15 is 0 Å². The van der Waals surface area contributed by atoms with Gasteiger partial charge in [0, 0.05) is 29.6 Å². The summed E-state index contributed by atoms with van der Waals surface area (Å²) in [5.74, 6) is 0. The van der Waals surface area contributed by atoms with E-state index in [-0.39, 0.29) is 0 Å². The summed E-state index contributed by atoms with van der Waals surface area (Å²) in [6.07, 6.45) is 8.56. The largest absolute Gasteiger partial charge is 0.311 e. The summed E-state index contributed by atoms with van der Waals surface area (Å²) in [5.41, 5.74) is 2.46. The molecule has 0 bridgehead atoms. The third-order valence-electron chi connectivity index (χ3n) is 3.99. The molecule has 2 aromatic heterocycles. The van der Waals surface area contributed by atoms with Crippen molar-refractivity contribution >= 4 is 17.3 Å². The van der Waals surface area contributed by atoms with Crippen LogP contribution in [0.5, 0.6) is 0 Å². The van der Waals surface area contributed by atoms with Gasteiger partial charge < -0.3 is 5.32 Å². The minimum absolute atomic E-state index is 0.364. The van der Waals surface area contributed by atoms with Crippen molar-refractivity contribution in [3.05, 3.63) is 36.2 Å². The van der Waals surface area contributed by atoms with Crippen LogP contribution in [0.15, 0.2) is 30.6 Å². The molecule has 2 heterocycles. The Labute approximate surface area is 119 Å². The second-order valence-corrected chi connectivity index (χ2v) is 6.17. The highest BCUT2D eigenvalue weighted by Gasteiger charge is 2.24. The predicted octanol–water partition coefficient (Wildman–Crippen LogP) is 3.35. The molecule has 0 saturated carbocycles. The zero-order valence-electron chi connectivity index (χ0n) is 12.0. The molecule has 0 atom stereocenters. The van der Waals surface area contributed by atoms with Gasteiger partial charge in [-0.15, -0.1) is 0 Å². The Morgan fingerprint density at radius 3 is 2.79 bits per heavy atom. The summed E-state index contributed by atoms with van der Waals surface area (Å²) in [6, 6.07) is 6.18. The Kier molecular flexibility index (Phi) is 4.88. The van der Waals surface area contributed by atoms with Gasteiger partial charge in [-0.1, -0.05) is 19.9 Å². The van der Waals surface area contributed by atoms with Crippen molar-refractivity contribution in [1.29, 1.82) is 0 Å². The SMILES string of the molecule is CCC(CC)(CNCc1cnn2ccccc12)SC. The van der Waals surface area contributed by atoms with Crippen LogP contribution in [0.1, 0.15) is 32.3 Å². The third kappa shape index (κ3) is 3.12. The summed E-state index contributed by atoms with van der Waals surface area (Å²) in [5, 5.41) is 7.97. The summed E-state index contributed by atoms with van der Waals surface area (Å²) < 4.78 is 2.29. The fraction of sp³-hybridized carbons (Fsp3) is 0.533. The molecule has 0 fully saturated rings. The predicted molar refractivity (Wildman–Crippen MR) is 83.7 cm³/mol. The maximum atomic E-state index is 4.37. The van der Waals surface area contributed by atoms with Crippen LogP contribution in [-0.2, 0) is 6.54 Å². The van der Waals surface area contributed by atoms with Gasteiger partial charge in [0.15, 0.2) is 0 Å². The standard InChI is InChI=1S/C15H23N3S/c1-4-15(5-2,19-3)12-16-10-13-11-17-18-9-7-6-8-14(13)18/h6-9,11,16H,4-5,10,12H2,1-3H3. The minimum Gasteiger partial charge on any atom is -0.311 e. The molecule has 0 unspecified atom stereocenters. The first-order valence-corrected chi connectivity index (χ1v) is 8.14. The van der Waals surface area contributed by atoms with Crippen molar-refractivity contribution in [1.82, 2.24) is 14.9 Å². The Balaban J connectivity index is 1.99. The number of hydrogen-bond donors (Lipinski definition) is 1. The number of hydrogen-bond acceptors (Lipinski definition) is 3. The lowest BCUT2D eigenvalue weighted by Crippen LogP contribution is -2.36. The van der Waals surface area contributed by atoms with E-state index < -0.39 is 0 Å². The van der Waals surface area contributed by atoms with Crippen LogP contribution in [0.25, 0.3) is 5.52 Å². The number of pyridine rings is 1.